The molecular formula is C17H22N2O2. The highest BCUT2D eigenvalue weighted by molar-refractivity contribution is 5.95. The van der Waals surface area contributed by atoms with Gasteiger partial charge in [0.1, 0.15) is 5.76 Å². The summed E-state index contributed by atoms with van der Waals surface area (Å²) >= 11 is 0. The summed E-state index contributed by atoms with van der Waals surface area (Å²) < 4.78 is 5.13. The third kappa shape index (κ3) is 3.32. The zero-order valence-corrected chi connectivity index (χ0v) is 13.4. The highest BCUT2D eigenvalue weighted by Gasteiger charge is 2.19. The van der Waals surface area contributed by atoms with Crippen molar-refractivity contribution in [1.82, 2.24) is 5.16 Å². The maximum absolute atomic E-state index is 12.6. The zero-order chi connectivity index (χ0) is 15.6. The number of anilines is 1. The number of hydrogen-bond acceptors (Lipinski definition) is 3. The Morgan fingerprint density at radius 2 is 1.76 bits per heavy atom. The normalized spacial score (nSPS) is 10.7. The second-order valence-corrected chi connectivity index (χ2v) is 5.46. The summed E-state index contributed by atoms with van der Waals surface area (Å²) in [6.07, 6.45) is 0.321. The molecule has 0 aliphatic heterocycles. The summed E-state index contributed by atoms with van der Waals surface area (Å²) in [6, 6.07) is 6.19. The standard InChI is InChI=1S/C17H22N2O2/c1-6-19(15-8-11(2)7-12(3)9-15)17(20)10-16-13(4)18-21-14(16)5/h7-9H,6,10H2,1-5H3. The highest BCUT2D eigenvalue weighted by atomic mass is 16.5. The third-order valence-electron chi connectivity index (χ3n) is 3.64. The summed E-state index contributed by atoms with van der Waals surface area (Å²) in [5.41, 5.74) is 4.95. The second-order valence-electron chi connectivity index (χ2n) is 5.46. The number of benzene rings is 1. The van der Waals surface area contributed by atoms with Crippen molar-refractivity contribution in [2.45, 2.75) is 41.0 Å². The highest BCUT2D eigenvalue weighted by Crippen LogP contribution is 2.21. The first-order chi connectivity index (χ1) is 9.92. The number of likely N-dealkylation sites (N-methyl/N-ethyl adjacent to an activating group) is 1. The summed E-state index contributed by atoms with van der Waals surface area (Å²) in [6.45, 7) is 10.4. The quantitative estimate of drug-likeness (QED) is 0.864. The van der Waals surface area contributed by atoms with E-state index < -0.39 is 0 Å². The van der Waals surface area contributed by atoms with Gasteiger partial charge in [0.25, 0.3) is 0 Å². The average molecular weight is 286 g/mol. The number of carbonyl (C=O) groups is 1. The van der Waals surface area contributed by atoms with E-state index in [-0.39, 0.29) is 5.91 Å². The fourth-order valence-corrected chi connectivity index (χ4v) is 2.61. The van der Waals surface area contributed by atoms with Gasteiger partial charge < -0.3 is 9.42 Å². The molecule has 4 heteroatoms. The van der Waals surface area contributed by atoms with Crippen LogP contribution in [-0.2, 0) is 11.2 Å². The topological polar surface area (TPSA) is 46.3 Å². The number of nitrogens with zero attached hydrogens (tertiary/aromatic N) is 2. The van der Waals surface area contributed by atoms with Gasteiger partial charge in [-0.15, -0.1) is 0 Å². The Hall–Kier alpha value is -2.10. The lowest BCUT2D eigenvalue weighted by Crippen LogP contribution is -2.32. The fourth-order valence-electron chi connectivity index (χ4n) is 2.61. The van der Waals surface area contributed by atoms with Gasteiger partial charge in [-0.05, 0) is 57.9 Å². The molecule has 2 rings (SSSR count). The van der Waals surface area contributed by atoms with Crippen LogP contribution in [-0.4, -0.2) is 17.6 Å². The second kappa shape index (κ2) is 6.12. The number of carbonyl (C=O) groups excluding carboxylic acids is 1. The van der Waals surface area contributed by atoms with Crippen LogP contribution < -0.4 is 4.90 Å². The van der Waals surface area contributed by atoms with Gasteiger partial charge in [0.05, 0.1) is 12.1 Å². The van der Waals surface area contributed by atoms with Gasteiger partial charge in [-0.1, -0.05) is 11.2 Å². The van der Waals surface area contributed by atoms with E-state index >= 15 is 0 Å². The molecule has 0 saturated heterocycles. The van der Waals surface area contributed by atoms with E-state index in [0.717, 1.165) is 33.8 Å². The first-order valence-corrected chi connectivity index (χ1v) is 7.22. The van der Waals surface area contributed by atoms with Crippen molar-refractivity contribution in [3.8, 4) is 0 Å². The van der Waals surface area contributed by atoms with Crippen LogP contribution in [0.15, 0.2) is 22.7 Å². The van der Waals surface area contributed by atoms with E-state index in [4.69, 9.17) is 4.52 Å². The van der Waals surface area contributed by atoms with E-state index in [2.05, 4.69) is 11.2 Å². The molecule has 0 radical (unpaired) electrons. The van der Waals surface area contributed by atoms with Crippen molar-refractivity contribution in [2.24, 2.45) is 0 Å². The Balaban J connectivity index is 2.27. The number of hydrogen-bond donors (Lipinski definition) is 0. The molecule has 0 aliphatic carbocycles. The lowest BCUT2D eigenvalue weighted by molar-refractivity contribution is -0.118. The van der Waals surface area contributed by atoms with Crippen LogP contribution >= 0.6 is 0 Å². The minimum Gasteiger partial charge on any atom is -0.361 e. The van der Waals surface area contributed by atoms with Crippen LogP contribution in [0.4, 0.5) is 5.69 Å². The number of rotatable bonds is 4. The number of aryl methyl sites for hydroxylation is 4. The van der Waals surface area contributed by atoms with Crippen LogP contribution in [0.1, 0.15) is 35.1 Å². The molecular weight excluding hydrogens is 264 g/mol. The predicted molar refractivity (Wildman–Crippen MR) is 83.6 cm³/mol. The summed E-state index contributed by atoms with van der Waals surface area (Å²) in [4.78, 5) is 14.4. The zero-order valence-electron chi connectivity index (χ0n) is 13.4. The molecule has 112 valence electrons. The minimum absolute atomic E-state index is 0.0666. The minimum atomic E-state index is 0.0666. The number of amides is 1. The largest absolute Gasteiger partial charge is 0.361 e. The molecule has 1 heterocycles. The van der Waals surface area contributed by atoms with Crippen molar-refractivity contribution >= 4 is 11.6 Å². The van der Waals surface area contributed by atoms with Gasteiger partial charge in [-0.25, -0.2) is 0 Å². The average Bonchev–Trinajstić information content (AvgIpc) is 2.70. The third-order valence-corrected chi connectivity index (χ3v) is 3.64. The number of aromatic nitrogens is 1. The monoisotopic (exact) mass is 286 g/mol. The molecule has 2 aromatic rings. The fraction of sp³-hybridized carbons (Fsp3) is 0.412. The summed E-state index contributed by atoms with van der Waals surface area (Å²) in [7, 11) is 0. The molecule has 0 N–H and O–H groups in total. The van der Waals surface area contributed by atoms with Gasteiger partial charge in [0, 0.05) is 17.8 Å². The van der Waals surface area contributed by atoms with Crippen molar-refractivity contribution in [2.75, 3.05) is 11.4 Å². The van der Waals surface area contributed by atoms with Gasteiger partial charge in [0.15, 0.2) is 0 Å². The first-order valence-electron chi connectivity index (χ1n) is 7.22. The van der Waals surface area contributed by atoms with E-state index in [1.54, 1.807) is 0 Å². The van der Waals surface area contributed by atoms with E-state index in [1.807, 2.05) is 51.7 Å². The molecule has 0 saturated carbocycles. The molecule has 0 spiro atoms. The van der Waals surface area contributed by atoms with Crippen LogP contribution in [0.5, 0.6) is 0 Å². The van der Waals surface area contributed by atoms with E-state index in [1.165, 1.54) is 0 Å². The Labute approximate surface area is 125 Å². The van der Waals surface area contributed by atoms with E-state index in [0.29, 0.717) is 13.0 Å². The Morgan fingerprint density at radius 1 is 1.14 bits per heavy atom. The molecule has 0 fully saturated rings. The molecule has 21 heavy (non-hydrogen) atoms. The molecule has 4 nitrogen and oxygen atoms in total. The first kappa shape index (κ1) is 15.3. The van der Waals surface area contributed by atoms with Gasteiger partial charge in [0.2, 0.25) is 5.91 Å². The lowest BCUT2D eigenvalue weighted by atomic mass is 10.1. The van der Waals surface area contributed by atoms with Gasteiger partial charge >= 0.3 is 0 Å². The van der Waals surface area contributed by atoms with Crippen molar-refractivity contribution < 1.29 is 9.32 Å². The van der Waals surface area contributed by atoms with Crippen LogP contribution in [0.25, 0.3) is 0 Å². The van der Waals surface area contributed by atoms with Crippen molar-refractivity contribution in [1.29, 1.82) is 0 Å². The maximum atomic E-state index is 12.6. The molecule has 1 aromatic carbocycles. The molecule has 0 bridgehead atoms. The molecule has 1 aromatic heterocycles. The van der Waals surface area contributed by atoms with Crippen LogP contribution in [0.2, 0.25) is 0 Å². The Kier molecular flexibility index (Phi) is 4.46. The van der Waals surface area contributed by atoms with Gasteiger partial charge in [-0.3, -0.25) is 4.79 Å². The Bertz CT molecular complexity index is 619. The SMILES string of the molecule is CCN(C(=O)Cc1c(C)noc1C)c1cc(C)cc(C)c1. The molecule has 0 unspecified atom stereocenters. The molecule has 1 amide bonds. The van der Waals surface area contributed by atoms with Gasteiger partial charge in [-0.2, -0.15) is 0 Å². The summed E-state index contributed by atoms with van der Waals surface area (Å²) in [5, 5.41) is 3.91. The van der Waals surface area contributed by atoms with E-state index in [9.17, 15) is 4.79 Å². The Morgan fingerprint density at radius 3 is 2.24 bits per heavy atom. The molecule has 0 atom stereocenters. The smallest absolute Gasteiger partial charge is 0.231 e. The van der Waals surface area contributed by atoms with Crippen LogP contribution in [0, 0.1) is 27.7 Å². The maximum Gasteiger partial charge on any atom is 0.231 e. The van der Waals surface area contributed by atoms with Crippen molar-refractivity contribution in [3.05, 3.63) is 46.3 Å². The van der Waals surface area contributed by atoms with Crippen LogP contribution in [0.3, 0.4) is 0 Å². The lowest BCUT2D eigenvalue weighted by Gasteiger charge is -2.22. The predicted octanol–water partition coefficient (Wildman–Crippen LogP) is 3.50. The summed E-state index contributed by atoms with van der Waals surface area (Å²) in [5.74, 6) is 0.786. The molecule has 0 aliphatic rings. The van der Waals surface area contributed by atoms with Crippen molar-refractivity contribution in [3.63, 3.8) is 0 Å².